The van der Waals surface area contributed by atoms with Crippen LogP contribution in [0, 0.1) is 23.7 Å². The highest BCUT2D eigenvalue weighted by Gasteiger charge is 2.22. The Balaban J connectivity index is 2.54. The van der Waals surface area contributed by atoms with E-state index in [1.165, 1.54) is 4.90 Å². The molecule has 62 valence electrons. The van der Waals surface area contributed by atoms with Gasteiger partial charge in [0, 0.05) is 6.54 Å². The lowest BCUT2D eigenvalue weighted by Gasteiger charge is -2.27. The highest BCUT2D eigenvalue weighted by atomic mass is 16.5. The van der Waals surface area contributed by atoms with E-state index in [0.29, 0.717) is 13.2 Å². The summed E-state index contributed by atoms with van der Waals surface area (Å²) in [6.07, 6.45) is 4.39. The van der Waals surface area contributed by atoms with Crippen LogP contribution < -0.4 is 0 Å². The van der Waals surface area contributed by atoms with Crippen molar-refractivity contribution in [2.24, 2.45) is 0 Å². The van der Waals surface area contributed by atoms with Gasteiger partial charge < -0.3 is 9.64 Å². The quantitative estimate of drug-likeness (QED) is 0.448. The molecule has 0 aromatic rings. The number of nitriles is 1. The Morgan fingerprint density at radius 3 is 3.08 bits per heavy atom. The minimum Gasteiger partial charge on any atom is -0.360 e. The maximum atomic E-state index is 11.0. The minimum atomic E-state index is -0.531. The molecule has 1 rings (SSSR count). The van der Waals surface area contributed by atoms with E-state index in [4.69, 9.17) is 16.4 Å². The van der Waals surface area contributed by atoms with Crippen molar-refractivity contribution in [1.29, 1.82) is 5.26 Å². The molecule has 12 heavy (non-hydrogen) atoms. The molecule has 0 N–H and O–H groups in total. The van der Waals surface area contributed by atoms with Gasteiger partial charge in [0.2, 0.25) is 0 Å². The largest absolute Gasteiger partial charge is 0.360 e. The number of rotatable bonds is 0. The molecule has 1 saturated heterocycles. The number of terminal acetylenes is 1. The molecule has 0 bridgehead atoms. The van der Waals surface area contributed by atoms with Gasteiger partial charge in [-0.25, -0.2) is 0 Å². The van der Waals surface area contributed by atoms with E-state index in [0.717, 1.165) is 0 Å². The summed E-state index contributed by atoms with van der Waals surface area (Å²) >= 11 is 0. The molecule has 4 nitrogen and oxygen atoms in total. The number of carbonyl (C=O) groups excluding carboxylic acids is 1. The van der Waals surface area contributed by atoms with Crippen LogP contribution in [-0.4, -0.2) is 36.6 Å². The molecule has 1 heterocycles. The van der Waals surface area contributed by atoms with Crippen molar-refractivity contribution >= 4 is 5.91 Å². The van der Waals surface area contributed by atoms with Gasteiger partial charge in [0.05, 0.1) is 19.2 Å². The van der Waals surface area contributed by atoms with Crippen molar-refractivity contribution in [3.05, 3.63) is 0 Å². The SMILES string of the molecule is C#CC(=O)N1CCOC(C#N)C1. The van der Waals surface area contributed by atoms with Gasteiger partial charge in [-0.2, -0.15) is 5.26 Å². The predicted octanol–water partition coefficient (Wildman–Crippen LogP) is -0.629. The van der Waals surface area contributed by atoms with Crippen LogP contribution in [0.4, 0.5) is 0 Å². The van der Waals surface area contributed by atoms with Crippen molar-refractivity contribution in [1.82, 2.24) is 4.90 Å². The Bertz CT molecular complexity index is 261. The molecule has 1 fully saturated rings. The fourth-order valence-corrected chi connectivity index (χ4v) is 1.00. The molecule has 0 spiro atoms. The van der Waals surface area contributed by atoms with E-state index in [-0.39, 0.29) is 12.5 Å². The Labute approximate surface area is 70.7 Å². The van der Waals surface area contributed by atoms with E-state index in [9.17, 15) is 4.79 Å². The summed E-state index contributed by atoms with van der Waals surface area (Å²) in [6, 6.07) is 1.93. The van der Waals surface area contributed by atoms with Crippen molar-refractivity contribution < 1.29 is 9.53 Å². The zero-order valence-corrected chi connectivity index (χ0v) is 6.49. The standard InChI is InChI=1S/C8H8N2O2/c1-2-8(11)10-3-4-12-7(5-9)6-10/h1,7H,3-4,6H2. The second-order valence-corrected chi connectivity index (χ2v) is 2.38. The second kappa shape index (κ2) is 3.75. The van der Waals surface area contributed by atoms with Crippen molar-refractivity contribution in [2.75, 3.05) is 19.7 Å². The lowest BCUT2D eigenvalue weighted by atomic mass is 10.3. The molecular weight excluding hydrogens is 156 g/mol. The molecule has 0 radical (unpaired) electrons. The molecule has 1 aliphatic rings. The van der Waals surface area contributed by atoms with Crippen molar-refractivity contribution in [3.8, 4) is 18.4 Å². The predicted molar refractivity (Wildman–Crippen MR) is 40.8 cm³/mol. The minimum absolute atomic E-state index is 0.277. The second-order valence-electron chi connectivity index (χ2n) is 2.38. The highest BCUT2D eigenvalue weighted by Crippen LogP contribution is 2.03. The van der Waals surface area contributed by atoms with Gasteiger partial charge in [-0.05, 0) is 5.92 Å². The summed E-state index contributed by atoms with van der Waals surface area (Å²) in [7, 11) is 0. The molecule has 1 atom stereocenters. The number of ether oxygens (including phenoxy) is 1. The third kappa shape index (κ3) is 1.75. The van der Waals surface area contributed by atoms with Crippen LogP contribution in [0.1, 0.15) is 0 Å². The zero-order valence-electron chi connectivity index (χ0n) is 6.49. The number of morpholine rings is 1. The van der Waals surface area contributed by atoms with Crippen molar-refractivity contribution in [3.63, 3.8) is 0 Å². The van der Waals surface area contributed by atoms with Gasteiger partial charge in [0.25, 0.3) is 5.91 Å². The summed E-state index contributed by atoms with van der Waals surface area (Å²) in [5, 5.41) is 8.50. The molecule has 0 aromatic carbocycles. The summed E-state index contributed by atoms with van der Waals surface area (Å²) < 4.78 is 5.03. The van der Waals surface area contributed by atoms with Crippen LogP contribution in [0.25, 0.3) is 0 Å². The third-order valence-electron chi connectivity index (χ3n) is 1.62. The average Bonchev–Trinajstić information content (AvgIpc) is 2.17. The number of carbonyl (C=O) groups is 1. The molecule has 0 saturated carbocycles. The van der Waals surface area contributed by atoms with Gasteiger partial charge in [-0.3, -0.25) is 4.79 Å². The Morgan fingerprint density at radius 1 is 1.75 bits per heavy atom. The zero-order chi connectivity index (χ0) is 8.97. The Kier molecular flexibility index (Phi) is 2.68. The number of hydrogen-bond donors (Lipinski definition) is 0. The van der Waals surface area contributed by atoms with Crippen LogP contribution in [0.5, 0.6) is 0 Å². The van der Waals surface area contributed by atoms with E-state index >= 15 is 0 Å². The van der Waals surface area contributed by atoms with Crippen LogP contribution in [0.3, 0.4) is 0 Å². The Hall–Kier alpha value is -1.52. The van der Waals surface area contributed by atoms with E-state index in [1.807, 2.05) is 12.0 Å². The summed E-state index contributed by atoms with van der Waals surface area (Å²) in [5.41, 5.74) is 0. The maximum Gasteiger partial charge on any atom is 0.298 e. The third-order valence-corrected chi connectivity index (χ3v) is 1.62. The lowest BCUT2D eigenvalue weighted by molar-refractivity contribution is -0.130. The first kappa shape index (κ1) is 8.58. The van der Waals surface area contributed by atoms with Crippen LogP contribution >= 0.6 is 0 Å². The summed E-state index contributed by atoms with van der Waals surface area (Å²) in [6.45, 7) is 1.13. The highest BCUT2D eigenvalue weighted by molar-refractivity contribution is 5.92. The monoisotopic (exact) mass is 164 g/mol. The fourth-order valence-electron chi connectivity index (χ4n) is 1.00. The van der Waals surface area contributed by atoms with E-state index in [2.05, 4.69) is 0 Å². The summed E-state index contributed by atoms with van der Waals surface area (Å²) in [5.74, 6) is 1.63. The van der Waals surface area contributed by atoms with Gasteiger partial charge in [-0.1, -0.05) is 0 Å². The van der Waals surface area contributed by atoms with E-state index in [1.54, 1.807) is 0 Å². The average molecular weight is 164 g/mol. The maximum absolute atomic E-state index is 11.0. The molecule has 1 unspecified atom stereocenters. The van der Waals surface area contributed by atoms with Gasteiger partial charge >= 0.3 is 0 Å². The smallest absolute Gasteiger partial charge is 0.298 e. The first-order valence-electron chi connectivity index (χ1n) is 3.54. The lowest BCUT2D eigenvalue weighted by Crippen LogP contribution is -2.44. The number of nitrogens with zero attached hydrogens (tertiary/aromatic N) is 2. The summed E-state index contributed by atoms with van der Waals surface area (Å²) in [4.78, 5) is 12.4. The topological polar surface area (TPSA) is 53.3 Å². The number of hydrogen-bond acceptors (Lipinski definition) is 3. The van der Waals surface area contributed by atoms with E-state index < -0.39 is 6.10 Å². The van der Waals surface area contributed by atoms with Gasteiger partial charge in [0.1, 0.15) is 0 Å². The first-order chi connectivity index (χ1) is 5.77. The molecule has 0 aromatic heterocycles. The first-order valence-corrected chi connectivity index (χ1v) is 3.54. The number of amides is 1. The van der Waals surface area contributed by atoms with Gasteiger partial charge in [0.15, 0.2) is 6.10 Å². The van der Waals surface area contributed by atoms with Crippen LogP contribution in [0.15, 0.2) is 0 Å². The van der Waals surface area contributed by atoms with Crippen molar-refractivity contribution in [2.45, 2.75) is 6.10 Å². The molecule has 4 heteroatoms. The molecule has 1 amide bonds. The van der Waals surface area contributed by atoms with Gasteiger partial charge in [-0.15, -0.1) is 6.42 Å². The molecule has 0 aliphatic carbocycles. The molecular formula is C8H8N2O2. The van der Waals surface area contributed by atoms with Crippen LogP contribution in [-0.2, 0) is 9.53 Å². The van der Waals surface area contributed by atoms with Crippen LogP contribution in [0.2, 0.25) is 0 Å². The fraction of sp³-hybridized carbons (Fsp3) is 0.500. The normalized spacial score (nSPS) is 22.5. The molecule has 1 aliphatic heterocycles. The Morgan fingerprint density at radius 2 is 2.50 bits per heavy atom.